The van der Waals surface area contributed by atoms with Gasteiger partial charge in [0.15, 0.2) is 0 Å². The highest BCUT2D eigenvalue weighted by atomic mass is 35.5. The Bertz CT molecular complexity index is 1230. The molecule has 0 aliphatic carbocycles. The molecule has 3 aromatic rings. The first kappa shape index (κ1) is 19.4. The predicted molar refractivity (Wildman–Crippen MR) is 115 cm³/mol. The molecule has 0 fully saturated rings. The Kier molecular flexibility index (Phi) is 5.03. The molecule has 0 saturated heterocycles. The van der Waals surface area contributed by atoms with Gasteiger partial charge in [0.25, 0.3) is 0 Å². The lowest BCUT2D eigenvalue weighted by atomic mass is 10.1. The molecule has 3 aromatic carbocycles. The first-order valence-electron chi connectivity index (χ1n) is 9.16. The number of sulfone groups is 1. The molecule has 0 spiro atoms. The molecular formula is C23H18ClNO3S. The van der Waals surface area contributed by atoms with Crippen molar-refractivity contribution < 1.29 is 13.2 Å². The van der Waals surface area contributed by atoms with Crippen LogP contribution in [-0.2, 0) is 16.3 Å². The van der Waals surface area contributed by atoms with E-state index >= 15 is 0 Å². The molecule has 6 heteroatoms. The normalized spacial score (nSPS) is 14.8. The number of para-hydroxylation sites is 1. The number of benzene rings is 3. The van der Waals surface area contributed by atoms with Crippen LogP contribution in [0.3, 0.4) is 0 Å². The fraction of sp³-hybridized carbons (Fsp3) is 0.0870. The third-order valence-corrected chi connectivity index (χ3v) is 6.92. The average Bonchev–Trinajstić information content (AvgIpc) is 2.74. The topological polar surface area (TPSA) is 54.5 Å². The first-order valence-corrected chi connectivity index (χ1v) is 11.0. The minimum atomic E-state index is -3.96. The van der Waals surface area contributed by atoms with Crippen molar-refractivity contribution in [3.8, 4) is 0 Å². The summed E-state index contributed by atoms with van der Waals surface area (Å²) in [7, 11) is -3.96. The van der Waals surface area contributed by atoms with Gasteiger partial charge >= 0.3 is 0 Å². The van der Waals surface area contributed by atoms with Crippen molar-refractivity contribution >= 4 is 38.6 Å². The van der Waals surface area contributed by atoms with Gasteiger partial charge in [0, 0.05) is 22.5 Å². The fourth-order valence-electron chi connectivity index (χ4n) is 3.32. The molecule has 0 bridgehead atoms. The van der Waals surface area contributed by atoms with Crippen LogP contribution >= 0.6 is 11.6 Å². The maximum absolute atomic E-state index is 13.2. The molecule has 0 atom stereocenters. The zero-order chi connectivity index (χ0) is 20.6. The van der Waals surface area contributed by atoms with Crippen molar-refractivity contribution in [3.63, 3.8) is 0 Å². The summed E-state index contributed by atoms with van der Waals surface area (Å²) in [5.41, 5.74) is 2.71. The number of nitrogens with zero attached hydrogens (tertiary/aromatic N) is 1. The second kappa shape index (κ2) is 7.50. The molecular weight excluding hydrogens is 406 g/mol. The van der Waals surface area contributed by atoms with E-state index < -0.39 is 15.6 Å². The van der Waals surface area contributed by atoms with E-state index in [-0.39, 0.29) is 15.4 Å². The highest BCUT2D eigenvalue weighted by Gasteiger charge is 2.36. The molecule has 0 N–H and O–H groups in total. The summed E-state index contributed by atoms with van der Waals surface area (Å²) in [5, 5.41) is 0.477. The second-order valence-electron chi connectivity index (χ2n) is 6.69. The van der Waals surface area contributed by atoms with Crippen LogP contribution in [0.2, 0.25) is 5.02 Å². The minimum Gasteiger partial charge on any atom is -0.314 e. The number of carbonyl (C=O) groups is 1. The zero-order valence-corrected chi connectivity index (χ0v) is 17.2. The third-order valence-electron chi connectivity index (χ3n) is 4.88. The number of allylic oxidation sites excluding steroid dienone is 1. The number of anilines is 2. The van der Waals surface area contributed by atoms with Gasteiger partial charge in [0.1, 0.15) is 4.91 Å². The Morgan fingerprint density at radius 3 is 2.41 bits per heavy atom. The van der Waals surface area contributed by atoms with Crippen molar-refractivity contribution in [2.45, 2.75) is 18.2 Å². The highest BCUT2D eigenvalue weighted by Crippen LogP contribution is 2.40. The zero-order valence-electron chi connectivity index (χ0n) is 15.7. The van der Waals surface area contributed by atoms with Gasteiger partial charge in [-0.1, -0.05) is 42.8 Å². The standard InChI is InChI=1S/C23H18ClNO3S/c1-2-16-6-5-7-19(14-16)25-15-22(23(26)17-10-12-18(24)13-11-17)29(27,28)21-9-4-3-8-20(21)25/h3-15H,2H2,1H3. The number of aryl methyl sites for hydroxylation is 1. The quantitative estimate of drug-likeness (QED) is 0.516. The van der Waals surface area contributed by atoms with Crippen LogP contribution in [0.1, 0.15) is 22.8 Å². The molecule has 146 valence electrons. The van der Waals surface area contributed by atoms with Gasteiger partial charge in [-0.15, -0.1) is 0 Å². The fourth-order valence-corrected chi connectivity index (χ4v) is 4.99. The smallest absolute Gasteiger partial charge is 0.214 e. The van der Waals surface area contributed by atoms with E-state index in [0.29, 0.717) is 10.7 Å². The van der Waals surface area contributed by atoms with E-state index in [1.54, 1.807) is 35.2 Å². The van der Waals surface area contributed by atoms with Crippen LogP contribution in [0.25, 0.3) is 0 Å². The van der Waals surface area contributed by atoms with Gasteiger partial charge in [-0.05, 0) is 60.5 Å². The van der Waals surface area contributed by atoms with E-state index in [9.17, 15) is 13.2 Å². The van der Waals surface area contributed by atoms with Gasteiger partial charge in [0.05, 0.1) is 10.6 Å². The maximum Gasteiger partial charge on any atom is 0.214 e. The predicted octanol–water partition coefficient (Wildman–Crippen LogP) is 5.55. The van der Waals surface area contributed by atoms with Crippen LogP contribution < -0.4 is 4.90 Å². The molecule has 4 nitrogen and oxygen atoms in total. The Hall–Kier alpha value is -2.89. The van der Waals surface area contributed by atoms with Gasteiger partial charge in [-0.3, -0.25) is 4.79 Å². The van der Waals surface area contributed by atoms with Crippen molar-refractivity contribution in [2.75, 3.05) is 4.90 Å². The van der Waals surface area contributed by atoms with Crippen molar-refractivity contribution in [1.82, 2.24) is 0 Å². The van der Waals surface area contributed by atoms with Crippen LogP contribution in [-0.4, -0.2) is 14.2 Å². The monoisotopic (exact) mass is 423 g/mol. The second-order valence-corrected chi connectivity index (χ2v) is 9.02. The molecule has 4 rings (SSSR count). The Balaban J connectivity index is 1.91. The average molecular weight is 424 g/mol. The highest BCUT2D eigenvalue weighted by molar-refractivity contribution is 7.96. The molecule has 0 radical (unpaired) electrons. The summed E-state index contributed by atoms with van der Waals surface area (Å²) in [4.78, 5) is 14.7. The van der Waals surface area contributed by atoms with E-state index in [1.807, 2.05) is 24.3 Å². The van der Waals surface area contributed by atoms with Crippen molar-refractivity contribution in [1.29, 1.82) is 0 Å². The van der Waals surface area contributed by atoms with Gasteiger partial charge in [0.2, 0.25) is 15.6 Å². The van der Waals surface area contributed by atoms with Gasteiger partial charge < -0.3 is 4.90 Å². The SMILES string of the molecule is CCc1cccc(N2C=C(C(=O)c3ccc(Cl)cc3)S(=O)(=O)c3ccccc32)c1. The Morgan fingerprint density at radius 2 is 1.69 bits per heavy atom. The number of Topliss-reactive ketones (excluding diaryl/α,β-unsaturated/α-hetero) is 1. The largest absolute Gasteiger partial charge is 0.314 e. The summed E-state index contributed by atoms with van der Waals surface area (Å²) in [6.07, 6.45) is 2.27. The van der Waals surface area contributed by atoms with Crippen molar-refractivity contribution in [3.05, 3.63) is 100 Å². The van der Waals surface area contributed by atoms with E-state index in [1.165, 1.54) is 24.4 Å². The third kappa shape index (κ3) is 3.48. The van der Waals surface area contributed by atoms with Crippen LogP contribution in [0.5, 0.6) is 0 Å². The number of fused-ring (bicyclic) bond motifs is 1. The van der Waals surface area contributed by atoms with Crippen LogP contribution in [0.4, 0.5) is 11.4 Å². The molecule has 1 aliphatic heterocycles. The van der Waals surface area contributed by atoms with Gasteiger partial charge in [-0.25, -0.2) is 8.42 Å². The molecule has 0 saturated carbocycles. The number of hydrogen-bond acceptors (Lipinski definition) is 4. The van der Waals surface area contributed by atoms with Crippen LogP contribution in [0.15, 0.2) is 88.8 Å². The molecule has 1 aliphatic rings. The molecule has 0 unspecified atom stereocenters. The van der Waals surface area contributed by atoms with Crippen LogP contribution in [0, 0.1) is 0 Å². The summed E-state index contributed by atoms with van der Waals surface area (Å²) in [5.74, 6) is -0.562. The molecule has 0 aromatic heterocycles. The van der Waals surface area contributed by atoms with E-state index in [2.05, 4.69) is 6.92 Å². The maximum atomic E-state index is 13.2. The minimum absolute atomic E-state index is 0.113. The lowest BCUT2D eigenvalue weighted by Crippen LogP contribution is -2.25. The molecule has 0 amide bonds. The summed E-state index contributed by atoms with van der Waals surface area (Å²) < 4.78 is 26.5. The van der Waals surface area contributed by atoms with Crippen molar-refractivity contribution in [2.24, 2.45) is 0 Å². The number of carbonyl (C=O) groups excluding carboxylic acids is 1. The number of rotatable bonds is 4. The summed E-state index contributed by atoms with van der Waals surface area (Å²) >= 11 is 5.90. The number of halogens is 1. The lowest BCUT2D eigenvalue weighted by molar-refractivity contribution is 0.104. The summed E-state index contributed by atoms with van der Waals surface area (Å²) in [6, 6.07) is 20.8. The lowest BCUT2D eigenvalue weighted by Gasteiger charge is -2.29. The number of hydrogen-bond donors (Lipinski definition) is 0. The number of ketones is 1. The van der Waals surface area contributed by atoms with Gasteiger partial charge in [-0.2, -0.15) is 0 Å². The molecule has 1 heterocycles. The van der Waals surface area contributed by atoms with E-state index in [0.717, 1.165) is 17.7 Å². The van der Waals surface area contributed by atoms with E-state index in [4.69, 9.17) is 11.6 Å². The summed E-state index contributed by atoms with van der Waals surface area (Å²) in [6.45, 7) is 2.05. The Morgan fingerprint density at radius 1 is 0.966 bits per heavy atom. The molecule has 29 heavy (non-hydrogen) atoms. The Labute approximate surface area is 175 Å². The first-order chi connectivity index (χ1) is 13.9.